The van der Waals surface area contributed by atoms with Crippen LogP contribution in [-0.2, 0) is 14.3 Å². The van der Waals surface area contributed by atoms with Crippen molar-refractivity contribution in [2.75, 3.05) is 13.2 Å². The molecule has 0 radical (unpaired) electrons. The summed E-state index contributed by atoms with van der Waals surface area (Å²) in [6.07, 6.45) is -10.1. The first-order chi connectivity index (χ1) is 14.0. The van der Waals surface area contributed by atoms with E-state index in [4.69, 9.17) is 4.74 Å². The van der Waals surface area contributed by atoms with Gasteiger partial charge in [-0.1, -0.05) is 11.8 Å². The highest BCUT2D eigenvalue weighted by atomic mass is 32.2. The van der Waals surface area contributed by atoms with Crippen molar-refractivity contribution in [3.63, 3.8) is 0 Å². The fourth-order valence-corrected chi connectivity index (χ4v) is 2.89. The van der Waals surface area contributed by atoms with Crippen LogP contribution in [0.2, 0.25) is 0 Å². The third-order valence-electron chi connectivity index (χ3n) is 3.53. The molecule has 0 aromatic rings. The normalized spacial score (nSPS) is 15.3. The molecule has 32 heavy (non-hydrogen) atoms. The molecule has 3 nitrogen and oxygen atoms in total. The number of thiocarbonyl (C=S) groups is 1. The molecule has 0 aromatic heterocycles. The van der Waals surface area contributed by atoms with Gasteiger partial charge in [0.25, 0.3) is 0 Å². The largest absolute Gasteiger partial charge is 0.479 e. The van der Waals surface area contributed by atoms with Gasteiger partial charge >= 0.3 is 41.8 Å². The predicted molar refractivity (Wildman–Crippen MR) is 87.6 cm³/mol. The van der Waals surface area contributed by atoms with E-state index in [2.05, 4.69) is 17.0 Å². The van der Waals surface area contributed by atoms with Gasteiger partial charge in [0.15, 0.2) is 0 Å². The Morgan fingerprint density at radius 2 is 1.25 bits per heavy atom. The number of rotatable bonds is 10. The van der Waals surface area contributed by atoms with Gasteiger partial charge in [-0.05, 0) is 26.1 Å². The monoisotopic (exact) mass is 540 g/mol. The van der Waals surface area contributed by atoms with E-state index in [9.17, 15) is 61.9 Å². The third-order valence-corrected chi connectivity index (χ3v) is 4.79. The lowest BCUT2D eigenvalue weighted by Gasteiger charge is -2.39. The molecule has 0 aliphatic rings. The van der Waals surface area contributed by atoms with E-state index in [1.807, 2.05) is 0 Å². The topological polar surface area (TPSA) is 35.5 Å². The average molecular weight is 540 g/mol. The van der Waals surface area contributed by atoms with Crippen LogP contribution in [0.3, 0.4) is 0 Å². The summed E-state index contributed by atoms with van der Waals surface area (Å²) in [4.78, 5) is 11.5. The molecule has 0 aliphatic heterocycles. The highest BCUT2D eigenvalue weighted by Crippen LogP contribution is 2.60. The first-order valence-electron chi connectivity index (χ1n) is 7.97. The van der Waals surface area contributed by atoms with Gasteiger partial charge in [-0.25, -0.2) is 0 Å². The Kier molecular flexibility index (Phi) is 9.59. The van der Waals surface area contributed by atoms with Gasteiger partial charge in [0, 0.05) is 0 Å². The van der Waals surface area contributed by atoms with Gasteiger partial charge < -0.3 is 9.47 Å². The Bertz CT molecular complexity index is 679. The van der Waals surface area contributed by atoms with Crippen molar-refractivity contribution in [3.05, 3.63) is 0 Å². The Labute approximate surface area is 181 Å². The molecular weight excluding hydrogens is 527 g/mol. The summed E-state index contributed by atoms with van der Waals surface area (Å²) in [6, 6.07) is 0. The molecule has 0 heterocycles. The van der Waals surface area contributed by atoms with Gasteiger partial charge in [-0.3, -0.25) is 4.79 Å². The number of carbonyl (C=O) groups is 1. The molecule has 190 valence electrons. The quantitative estimate of drug-likeness (QED) is 0.190. The van der Waals surface area contributed by atoms with Crippen molar-refractivity contribution in [2.24, 2.45) is 0 Å². The number of esters is 1. The number of hydrogen-bond donors (Lipinski definition) is 0. The summed E-state index contributed by atoms with van der Waals surface area (Å²) in [5.74, 6) is -38.8. The van der Waals surface area contributed by atoms with Gasteiger partial charge in [-0.15, -0.1) is 0 Å². The van der Waals surface area contributed by atoms with E-state index >= 15 is 0 Å². The standard InChI is InChI=1S/C14H13F13O3S2/c1-3-29-8(31)32-6(2)7(28)30-5-4-9(15,16)10(17,18)11(19,20)12(21,22)13(23,24)14(25,26)27/h6H,3-5H2,1-2H3. The van der Waals surface area contributed by atoms with Crippen LogP contribution < -0.4 is 0 Å². The van der Waals surface area contributed by atoms with Crippen LogP contribution in [0, 0.1) is 0 Å². The van der Waals surface area contributed by atoms with E-state index in [0.717, 1.165) is 6.92 Å². The van der Waals surface area contributed by atoms with Crippen LogP contribution in [0.25, 0.3) is 0 Å². The van der Waals surface area contributed by atoms with Gasteiger partial charge in [0.1, 0.15) is 5.25 Å². The molecule has 18 heteroatoms. The summed E-state index contributed by atoms with van der Waals surface area (Å²) < 4.78 is 177. The number of halogens is 13. The predicted octanol–water partition coefficient (Wildman–Crippen LogP) is 6.10. The molecule has 0 rings (SSSR count). The van der Waals surface area contributed by atoms with Gasteiger partial charge in [-0.2, -0.15) is 57.1 Å². The van der Waals surface area contributed by atoms with E-state index in [-0.39, 0.29) is 11.0 Å². The molecule has 0 saturated carbocycles. The third kappa shape index (κ3) is 5.83. The molecule has 1 unspecified atom stereocenters. The maximum Gasteiger partial charge on any atom is 0.460 e. The minimum Gasteiger partial charge on any atom is -0.479 e. The zero-order valence-electron chi connectivity index (χ0n) is 15.7. The van der Waals surface area contributed by atoms with E-state index in [1.54, 1.807) is 0 Å². The van der Waals surface area contributed by atoms with E-state index in [0.29, 0.717) is 11.8 Å². The Balaban J connectivity index is 5.48. The van der Waals surface area contributed by atoms with Crippen molar-refractivity contribution in [1.82, 2.24) is 0 Å². The fraction of sp³-hybridized carbons (Fsp3) is 0.857. The molecule has 0 aliphatic carbocycles. The van der Waals surface area contributed by atoms with Crippen molar-refractivity contribution in [1.29, 1.82) is 0 Å². The zero-order chi connectivity index (χ0) is 26.0. The fourth-order valence-electron chi connectivity index (χ4n) is 1.70. The first kappa shape index (κ1) is 30.8. The molecule has 0 N–H and O–H groups in total. The summed E-state index contributed by atoms with van der Waals surface area (Å²) in [5, 5.41) is -1.29. The summed E-state index contributed by atoms with van der Waals surface area (Å²) >= 11 is 5.12. The average Bonchev–Trinajstić information content (AvgIpc) is 2.59. The lowest BCUT2D eigenvalue weighted by Crippen LogP contribution is -2.70. The SMILES string of the molecule is CCOC(=S)SC(C)C(=O)OCCC(F)(F)C(F)(F)C(F)(F)C(F)(F)C(F)(F)C(F)(F)F. The lowest BCUT2D eigenvalue weighted by atomic mass is 9.93. The van der Waals surface area contributed by atoms with E-state index in [1.165, 1.54) is 6.92 Å². The van der Waals surface area contributed by atoms with Gasteiger partial charge in [0.05, 0.1) is 19.6 Å². The van der Waals surface area contributed by atoms with Crippen molar-refractivity contribution in [2.45, 2.75) is 61.3 Å². The number of hydrogen-bond acceptors (Lipinski definition) is 5. The highest BCUT2D eigenvalue weighted by molar-refractivity contribution is 8.23. The Hall–Kier alpha value is -1.20. The molecule has 0 amide bonds. The Morgan fingerprint density at radius 1 is 0.812 bits per heavy atom. The van der Waals surface area contributed by atoms with Crippen LogP contribution in [0.15, 0.2) is 0 Å². The van der Waals surface area contributed by atoms with Crippen LogP contribution in [0.1, 0.15) is 20.3 Å². The zero-order valence-corrected chi connectivity index (χ0v) is 17.3. The van der Waals surface area contributed by atoms with Gasteiger partial charge in [0.2, 0.25) is 4.38 Å². The van der Waals surface area contributed by atoms with Crippen molar-refractivity contribution >= 4 is 34.3 Å². The molecule has 0 spiro atoms. The molecule has 0 saturated heterocycles. The summed E-state index contributed by atoms with van der Waals surface area (Å²) in [6.45, 7) is 0.827. The molecule has 0 fully saturated rings. The van der Waals surface area contributed by atoms with E-state index < -0.39 is 60.0 Å². The van der Waals surface area contributed by atoms with Crippen molar-refractivity contribution < 1.29 is 71.3 Å². The van der Waals surface area contributed by atoms with Crippen LogP contribution in [-0.4, -0.2) is 64.6 Å². The number of carbonyl (C=O) groups excluding carboxylic acids is 1. The molecular formula is C14H13F13O3S2. The maximum absolute atomic E-state index is 13.5. The summed E-state index contributed by atoms with van der Waals surface area (Å²) in [7, 11) is 0. The van der Waals surface area contributed by atoms with Crippen molar-refractivity contribution in [3.8, 4) is 0 Å². The van der Waals surface area contributed by atoms with Crippen LogP contribution >= 0.6 is 24.0 Å². The molecule has 1 atom stereocenters. The highest BCUT2D eigenvalue weighted by Gasteiger charge is 2.90. The minimum absolute atomic E-state index is 0.0706. The van der Waals surface area contributed by atoms with Crippen LogP contribution in [0.4, 0.5) is 57.1 Å². The minimum atomic E-state index is -7.97. The molecule has 0 aromatic carbocycles. The number of alkyl halides is 13. The smallest absolute Gasteiger partial charge is 0.460 e. The first-order valence-corrected chi connectivity index (χ1v) is 9.26. The number of thioether (sulfide) groups is 1. The second kappa shape index (κ2) is 9.97. The molecule has 0 bridgehead atoms. The lowest BCUT2D eigenvalue weighted by molar-refractivity contribution is -0.440. The van der Waals surface area contributed by atoms with Crippen LogP contribution in [0.5, 0.6) is 0 Å². The maximum atomic E-state index is 13.5. The second-order valence-corrected chi connectivity index (χ2v) is 7.80. The summed E-state index contributed by atoms with van der Waals surface area (Å²) in [5.41, 5.74) is 0. The number of ether oxygens (including phenoxy) is 2. The second-order valence-electron chi connectivity index (χ2n) is 5.86. The Morgan fingerprint density at radius 3 is 1.66 bits per heavy atom.